The van der Waals surface area contributed by atoms with Crippen molar-refractivity contribution in [3.63, 3.8) is 0 Å². The van der Waals surface area contributed by atoms with E-state index in [4.69, 9.17) is 4.74 Å². The summed E-state index contributed by atoms with van der Waals surface area (Å²) in [6.45, 7) is -0.0509. The number of aliphatic hydroxyl groups excluding tert-OH is 1. The Hall–Kier alpha value is -2.68. The fraction of sp³-hybridized carbons (Fsp3) is 0.227. The van der Waals surface area contributed by atoms with Crippen LogP contribution < -0.4 is 5.32 Å². The third kappa shape index (κ3) is 4.26. The molecule has 0 radical (unpaired) electrons. The minimum Gasteiger partial charge on any atom is -0.449 e. The number of ether oxygens (including phenoxy) is 1. The summed E-state index contributed by atoms with van der Waals surface area (Å²) in [4.78, 5) is 12.1. The number of hydrogen-bond donors (Lipinski definition) is 2. The van der Waals surface area contributed by atoms with Crippen LogP contribution in [0, 0.1) is 0 Å². The summed E-state index contributed by atoms with van der Waals surface area (Å²) in [5.41, 5.74) is 4.48. The number of sulfone groups is 1. The Morgan fingerprint density at radius 1 is 1.03 bits per heavy atom. The average molecular weight is 444 g/mol. The van der Waals surface area contributed by atoms with Crippen LogP contribution in [0.3, 0.4) is 0 Å². The van der Waals surface area contributed by atoms with Crippen LogP contribution in [-0.4, -0.2) is 44.6 Å². The Morgan fingerprint density at radius 3 is 2.27 bits per heavy atom. The van der Waals surface area contributed by atoms with Gasteiger partial charge >= 0.3 is 6.09 Å². The first kappa shape index (κ1) is 20.6. The van der Waals surface area contributed by atoms with Crippen LogP contribution in [0.4, 0.5) is 4.79 Å². The van der Waals surface area contributed by atoms with Gasteiger partial charge in [-0.25, -0.2) is 13.2 Å². The van der Waals surface area contributed by atoms with Gasteiger partial charge in [-0.05, 0) is 33.7 Å². The molecule has 0 aliphatic heterocycles. The van der Waals surface area contributed by atoms with Crippen LogP contribution >= 0.6 is 11.3 Å². The Bertz CT molecular complexity index is 1100. The van der Waals surface area contributed by atoms with E-state index in [1.165, 1.54) is 6.07 Å². The lowest BCUT2D eigenvalue weighted by Crippen LogP contribution is -2.36. The second-order valence-corrected chi connectivity index (χ2v) is 10.3. The van der Waals surface area contributed by atoms with Gasteiger partial charge in [0.15, 0.2) is 9.84 Å². The van der Waals surface area contributed by atoms with E-state index in [9.17, 15) is 18.3 Å². The summed E-state index contributed by atoms with van der Waals surface area (Å²) in [5, 5.41) is 14.1. The van der Waals surface area contributed by atoms with Gasteiger partial charge in [0.25, 0.3) is 0 Å². The normalized spacial score (nSPS) is 14.0. The van der Waals surface area contributed by atoms with Crippen molar-refractivity contribution in [2.45, 2.75) is 16.2 Å². The van der Waals surface area contributed by atoms with Crippen molar-refractivity contribution >= 4 is 27.3 Å². The fourth-order valence-corrected chi connectivity index (χ4v) is 6.17. The maximum atomic E-state index is 12.2. The first-order chi connectivity index (χ1) is 14.5. The van der Waals surface area contributed by atoms with Crippen LogP contribution in [0.2, 0.25) is 0 Å². The van der Waals surface area contributed by atoms with Crippen molar-refractivity contribution in [3.8, 4) is 11.1 Å². The molecule has 1 atom stereocenters. The van der Waals surface area contributed by atoms with Crippen LogP contribution in [0.25, 0.3) is 11.1 Å². The van der Waals surface area contributed by atoms with Gasteiger partial charge in [0.2, 0.25) is 0 Å². The number of hydrogen-bond acceptors (Lipinski definition) is 6. The Labute approximate surface area is 179 Å². The van der Waals surface area contributed by atoms with Gasteiger partial charge in [-0.15, -0.1) is 11.3 Å². The van der Waals surface area contributed by atoms with E-state index in [2.05, 4.69) is 17.4 Å². The highest BCUT2D eigenvalue weighted by molar-refractivity contribution is 7.93. The molecule has 1 aliphatic carbocycles. The molecule has 1 amide bonds. The number of fused-ring (bicyclic) bond motifs is 3. The van der Waals surface area contributed by atoms with E-state index in [-0.39, 0.29) is 23.3 Å². The molecule has 1 heterocycles. The number of benzene rings is 2. The standard InChI is InChI=1S/C22H21NO5S2/c24-15(14-30(26,27)21-10-5-11-29-21)12-23-22(25)28-13-20-18-8-3-1-6-16(18)17-7-2-4-9-19(17)20/h1-11,15,20,24H,12-14H2,(H,23,25). The second-order valence-electron chi connectivity index (χ2n) is 7.07. The molecule has 0 saturated heterocycles. The topological polar surface area (TPSA) is 92.7 Å². The molecule has 1 aromatic heterocycles. The zero-order valence-electron chi connectivity index (χ0n) is 16.0. The van der Waals surface area contributed by atoms with E-state index in [0.29, 0.717) is 0 Å². The quantitative estimate of drug-likeness (QED) is 0.584. The lowest BCUT2D eigenvalue weighted by Gasteiger charge is -2.16. The predicted molar refractivity (Wildman–Crippen MR) is 115 cm³/mol. The average Bonchev–Trinajstić information content (AvgIpc) is 3.38. The summed E-state index contributed by atoms with van der Waals surface area (Å²) < 4.78 is 30.0. The lowest BCUT2D eigenvalue weighted by molar-refractivity contribution is 0.132. The zero-order chi connectivity index (χ0) is 21.1. The molecular weight excluding hydrogens is 422 g/mol. The molecule has 0 saturated carbocycles. The van der Waals surface area contributed by atoms with Crippen molar-refractivity contribution < 1.29 is 23.1 Å². The van der Waals surface area contributed by atoms with Crippen molar-refractivity contribution in [1.29, 1.82) is 0 Å². The Kier molecular flexibility index (Phi) is 5.90. The summed E-state index contributed by atoms with van der Waals surface area (Å²) >= 11 is 1.10. The number of thiophene rings is 1. The highest BCUT2D eigenvalue weighted by Gasteiger charge is 2.29. The van der Waals surface area contributed by atoms with Crippen molar-refractivity contribution in [3.05, 3.63) is 77.2 Å². The minimum atomic E-state index is -3.58. The van der Waals surface area contributed by atoms with Crippen LogP contribution in [0.15, 0.2) is 70.3 Å². The number of nitrogens with one attached hydrogen (secondary N) is 1. The van der Waals surface area contributed by atoms with E-state index >= 15 is 0 Å². The number of amides is 1. The molecule has 6 nitrogen and oxygen atoms in total. The molecular formula is C22H21NO5S2. The second kappa shape index (κ2) is 8.59. The van der Waals surface area contributed by atoms with E-state index in [1.807, 2.05) is 36.4 Å². The van der Waals surface area contributed by atoms with Gasteiger partial charge in [0.1, 0.15) is 10.8 Å². The first-order valence-electron chi connectivity index (χ1n) is 9.49. The largest absolute Gasteiger partial charge is 0.449 e. The van der Waals surface area contributed by atoms with Gasteiger partial charge in [0, 0.05) is 12.5 Å². The van der Waals surface area contributed by atoms with Gasteiger partial charge in [-0.3, -0.25) is 0 Å². The minimum absolute atomic E-state index is 0.0627. The third-order valence-electron chi connectivity index (χ3n) is 5.04. The summed E-state index contributed by atoms with van der Waals surface area (Å²) in [7, 11) is -3.58. The molecule has 0 fully saturated rings. The number of carbonyl (C=O) groups is 1. The molecule has 8 heteroatoms. The molecule has 2 N–H and O–H groups in total. The summed E-state index contributed by atoms with van der Waals surface area (Å²) in [6.07, 6.45) is -1.91. The van der Waals surface area contributed by atoms with Gasteiger partial charge in [-0.2, -0.15) is 0 Å². The lowest BCUT2D eigenvalue weighted by atomic mass is 9.98. The Morgan fingerprint density at radius 2 is 1.67 bits per heavy atom. The molecule has 30 heavy (non-hydrogen) atoms. The van der Waals surface area contributed by atoms with Crippen molar-refractivity contribution in [2.75, 3.05) is 18.9 Å². The highest BCUT2D eigenvalue weighted by Crippen LogP contribution is 2.44. The van der Waals surface area contributed by atoms with E-state index in [0.717, 1.165) is 33.6 Å². The molecule has 3 aromatic rings. The van der Waals surface area contributed by atoms with Crippen LogP contribution in [0.1, 0.15) is 17.0 Å². The molecule has 2 aromatic carbocycles. The number of rotatable bonds is 7. The van der Waals surface area contributed by atoms with Crippen molar-refractivity contribution in [1.82, 2.24) is 5.32 Å². The third-order valence-corrected chi connectivity index (χ3v) is 8.32. The molecule has 1 aliphatic rings. The van der Waals surface area contributed by atoms with Gasteiger partial charge in [-0.1, -0.05) is 54.6 Å². The first-order valence-corrected chi connectivity index (χ1v) is 12.0. The summed E-state index contributed by atoms with van der Waals surface area (Å²) in [6, 6.07) is 19.2. The SMILES string of the molecule is O=C(NCC(O)CS(=O)(=O)c1cccs1)OCC1c2ccccc2-c2ccccc21. The van der Waals surface area contributed by atoms with E-state index < -0.39 is 27.8 Å². The Balaban J connectivity index is 1.32. The smallest absolute Gasteiger partial charge is 0.407 e. The van der Waals surface area contributed by atoms with E-state index in [1.54, 1.807) is 11.4 Å². The highest BCUT2D eigenvalue weighted by atomic mass is 32.2. The molecule has 156 valence electrons. The van der Waals surface area contributed by atoms with Crippen LogP contribution in [-0.2, 0) is 14.6 Å². The molecule has 1 unspecified atom stereocenters. The fourth-order valence-electron chi connectivity index (χ4n) is 3.69. The molecule has 0 bridgehead atoms. The van der Waals surface area contributed by atoms with Crippen molar-refractivity contribution in [2.24, 2.45) is 0 Å². The van der Waals surface area contributed by atoms with Gasteiger partial charge < -0.3 is 15.2 Å². The summed E-state index contributed by atoms with van der Waals surface area (Å²) in [5.74, 6) is -0.524. The molecule has 0 spiro atoms. The number of carbonyl (C=O) groups excluding carboxylic acids is 1. The van der Waals surface area contributed by atoms with Gasteiger partial charge in [0.05, 0.1) is 11.9 Å². The maximum Gasteiger partial charge on any atom is 0.407 e. The van der Waals surface area contributed by atoms with Crippen LogP contribution in [0.5, 0.6) is 0 Å². The number of aliphatic hydroxyl groups is 1. The monoisotopic (exact) mass is 443 g/mol. The zero-order valence-corrected chi connectivity index (χ0v) is 17.7. The number of alkyl carbamates (subject to hydrolysis) is 1. The molecule has 4 rings (SSSR count). The predicted octanol–water partition coefficient (Wildman–Crippen LogP) is 3.42. The maximum absolute atomic E-state index is 12.2.